The Hall–Kier alpha value is -2.69. The predicted molar refractivity (Wildman–Crippen MR) is 84.5 cm³/mol. The van der Waals surface area contributed by atoms with Gasteiger partial charge in [-0.05, 0) is 30.3 Å². The number of amides is 1. The normalized spacial score (nSPS) is 10.1. The number of carbonyl (C=O) groups is 1. The van der Waals surface area contributed by atoms with Crippen LogP contribution < -0.4 is 14.4 Å². The largest absolute Gasteiger partial charge is 0.506 e. The molecule has 2 aromatic carbocycles. The molecule has 0 saturated carbocycles. The number of rotatable bonds is 5. The third kappa shape index (κ3) is 3.31. The maximum Gasteiger partial charge on any atom is 0.224 e. The standard InChI is InChI=1S/C17H19NO4/c1-12(19)18(15-6-4-5-7-16(15)20)11-13-10-14(21-2)8-9-17(13)22-3/h4-10,20H,11H2,1-3H3. The van der Waals surface area contributed by atoms with E-state index in [1.165, 1.54) is 11.8 Å². The molecule has 5 nitrogen and oxygen atoms in total. The van der Waals surface area contributed by atoms with Gasteiger partial charge in [-0.1, -0.05) is 12.1 Å². The molecule has 22 heavy (non-hydrogen) atoms. The number of hydrogen-bond acceptors (Lipinski definition) is 4. The van der Waals surface area contributed by atoms with Gasteiger partial charge in [0, 0.05) is 12.5 Å². The van der Waals surface area contributed by atoms with Gasteiger partial charge >= 0.3 is 0 Å². The molecule has 0 heterocycles. The molecule has 0 aliphatic heterocycles. The quantitative estimate of drug-likeness (QED) is 0.922. The number of nitrogens with zero attached hydrogens (tertiary/aromatic N) is 1. The second-order valence-electron chi connectivity index (χ2n) is 4.77. The van der Waals surface area contributed by atoms with Crippen LogP contribution in [0.5, 0.6) is 17.2 Å². The van der Waals surface area contributed by atoms with Crippen LogP contribution in [0.15, 0.2) is 42.5 Å². The van der Waals surface area contributed by atoms with Crippen molar-refractivity contribution in [3.05, 3.63) is 48.0 Å². The minimum atomic E-state index is -0.175. The number of hydrogen-bond donors (Lipinski definition) is 1. The van der Waals surface area contributed by atoms with Gasteiger partial charge in [0.15, 0.2) is 0 Å². The van der Waals surface area contributed by atoms with Crippen LogP contribution in [0.1, 0.15) is 12.5 Å². The maximum absolute atomic E-state index is 12.0. The monoisotopic (exact) mass is 301 g/mol. The van der Waals surface area contributed by atoms with Crippen molar-refractivity contribution in [2.75, 3.05) is 19.1 Å². The van der Waals surface area contributed by atoms with Crippen LogP contribution in [-0.4, -0.2) is 25.2 Å². The Kier molecular flexibility index (Phi) is 4.88. The highest BCUT2D eigenvalue weighted by molar-refractivity contribution is 5.93. The smallest absolute Gasteiger partial charge is 0.224 e. The van der Waals surface area contributed by atoms with Gasteiger partial charge in [0.2, 0.25) is 5.91 Å². The van der Waals surface area contributed by atoms with Crippen LogP contribution in [0.3, 0.4) is 0 Å². The lowest BCUT2D eigenvalue weighted by Crippen LogP contribution is -2.28. The number of ether oxygens (including phenoxy) is 2. The van der Waals surface area contributed by atoms with Gasteiger partial charge in [0.05, 0.1) is 26.5 Å². The molecule has 1 N–H and O–H groups in total. The van der Waals surface area contributed by atoms with Gasteiger partial charge in [0.1, 0.15) is 17.2 Å². The number of phenolic OH excluding ortho intramolecular Hbond substituents is 1. The lowest BCUT2D eigenvalue weighted by Gasteiger charge is -2.23. The maximum atomic E-state index is 12.0. The van der Waals surface area contributed by atoms with Gasteiger partial charge in [0.25, 0.3) is 0 Å². The van der Waals surface area contributed by atoms with Gasteiger partial charge in [-0.25, -0.2) is 0 Å². The van der Waals surface area contributed by atoms with Crippen molar-refractivity contribution in [3.63, 3.8) is 0 Å². The Balaban J connectivity index is 2.41. The summed E-state index contributed by atoms with van der Waals surface area (Å²) in [5.41, 5.74) is 1.25. The summed E-state index contributed by atoms with van der Waals surface area (Å²) in [7, 11) is 3.15. The summed E-state index contributed by atoms with van der Waals surface area (Å²) < 4.78 is 10.6. The molecule has 0 bridgehead atoms. The molecule has 0 aliphatic rings. The fraction of sp³-hybridized carbons (Fsp3) is 0.235. The Morgan fingerprint density at radius 3 is 2.45 bits per heavy atom. The summed E-state index contributed by atoms with van der Waals surface area (Å²) in [4.78, 5) is 13.5. The summed E-state index contributed by atoms with van der Waals surface area (Å²) in [5, 5.41) is 9.99. The van der Waals surface area contributed by atoms with Crippen LogP contribution in [0.25, 0.3) is 0 Å². The molecule has 0 fully saturated rings. The highest BCUT2D eigenvalue weighted by Crippen LogP contribution is 2.31. The van der Waals surface area contributed by atoms with E-state index in [0.29, 0.717) is 17.2 Å². The van der Waals surface area contributed by atoms with Crippen molar-refractivity contribution in [2.45, 2.75) is 13.5 Å². The van der Waals surface area contributed by atoms with Crippen LogP contribution in [0, 0.1) is 0 Å². The molecule has 2 aromatic rings. The molecule has 0 radical (unpaired) electrons. The molecule has 0 aromatic heterocycles. The average molecular weight is 301 g/mol. The number of carbonyl (C=O) groups excluding carboxylic acids is 1. The Bertz CT molecular complexity index is 669. The van der Waals surface area contributed by atoms with E-state index in [2.05, 4.69) is 0 Å². The summed E-state index contributed by atoms with van der Waals surface area (Å²) >= 11 is 0. The predicted octanol–water partition coefficient (Wildman–Crippen LogP) is 2.96. The number of methoxy groups -OCH3 is 2. The van der Waals surface area contributed by atoms with E-state index in [9.17, 15) is 9.90 Å². The highest BCUT2D eigenvalue weighted by Gasteiger charge is 2.18. The van der Waals surface area contributed by atoms with E-state index in [1.807, 2.05) is 6.07 Å². The van der Waals surface area contributed by atoms with E-state index >= 15 is 0 Å². The number of phenols is 1. The van der Waals surface area contributed by atoms with Crippen LogP contribution in [0.2, 0.25) is 0 Å². The Morgan fingerprint density at radius 1 is 1.14 bits per heavy atom. The molecule has 2 rings (SSSR count). The third-order valence-corrected chi connectivity index (χ3v) is 3.37. The van der Waals surface area contributed by atoms with E-state index in [0.717, 1.165) is 5.56 Å². The van der Waals surface area contributed by atoms with Crippen molar-refractivity contribution in [1.29, 1.82) is 0 Å². The lowest BCUT2D eigenvalue weighted by molar-refractivity contribution is -0.116. The van der Waals surface area contributed by atoms with Crippen molar-refractivity contribution in [2.24, 2.45) is 0 Å². The first-order valence-corrected chi connectivity index (χ1v) is 6.83. The van der Waals surface area contributed by atoms with Crippen molar-refractivity contribution in [3.8, 4) is 17.2 Å². The first kappa shape index (κ1) is 15.7. The first-order valence-electron chi connectivity index (χ1n) is 6.83. The second kappa shape index (κ2) is 6.85. The van der Waals surface area contributed by atoms with E-state index < -0.39 is 0 Å². The SMILES string of the molecule is COc1ccc(OC)c(CN(C(C)=O)c2ccccc2O)c1. The fourth-order valence-corrected chi connectivity index (χ4v) is 2.23. The van der Waals surface area contributed by atoms with Crippen LogP contribution in [0.4, 0.5) is 5.69 Å². The molecule has 0 saturated heterocycles. The van der Waals surface area contributed by atoms with Gasteiger partial charge in [-0.2, -0.15) is 0 Å². The van der Waals surface area contributed by atoms with E-state index in [4.69, 9.17) is 9.47 Å². The summed E-state index contributed by atoms with van der Waals surface area (Å²) in [6, 6.07) is 12.1. The van der Waals surface area contributed by atoms with E-state index in [1.54, 1.807) is 50.6 Å². The van der Waals surface area contributed by atoms with Crippen molar-refractivity contribution >= 4 is 11.6 Å². The molecule has 116 valence electrons. The number of aromatic hydroxyl groups is 1. The molecule has 5 heteroatoms. The van der Waals surface area contributed by atoms with Crippen molar-refractivity contribution in [1.82, 2.24) is 0 Å². The molecule has 1 amide bonds. The molecule has 0 unspecified atom stereocenters. The topological polar surface area (TPSA) is 59.0 Å². The highest BCUT2D eigenvalue weighted by atomic mass is 16.5. The number of benzene rings is 2. The van der Waals surface area contributed by atoms with Crippen LogP contribution >= 0.6 is 0 Å². The van der Waals surface area contributed by atoms with Gasteiger partial charge in [-0.3, -0.25) is 4.79 Å². The minimum Gasteiger partial charge on any atom is -0.506 e. The zero-order valence-electron chi connectivity index (χ0n) is 12.9. The average Bonchev–Trinajstić information content (AvgIpc) is 2.53. The van der Waals surface area contributed by atoms with E-state index in [-0.39, 0.29) is 18.2 Å². The third-order valence-electron chi connectivity index (χ3n) is 3.37. The summed E-state index contributed by atoms with van der Waals surface area (Å²) in [5.74, 6) is 1.21. The number of para-hydroxylation sites is 2. The zero-order chi connectivity index (χ0) is 16.1. The Labute approximate surface area is 129 Å². The first-order chi connectivity index (χ1) is 10.6. The number of anilines is 1. The molecule has 0 atom stereocenters. The second-order valence-corrected chi connectivity index (χ2v) is 4.77. The minimum absolute atomic E-state index is 0.0552. The molecule has 0 spiro atoms. The summed E-state index contributed by atoms with van der Waals surface area (Å²) in [6.07, 6.45) is 0. The molecule has 0 aliphatic carbocycles. The molecular formula is C17H19NO4. The summed E-state index contributed by atoms with van der Waals surface area (Å²) in [6.45, 7) is 1.73. The van der Waals surface area contributed by atoms with Gasteiger partial charge < -0.3 is 19.5 Å². The van der Waals surface area contributed by atoms with Crippen molar-refractivity contribution < 1.29 is 19.4 Å². The lowest BCUT2D eigenvalue weighted by atomic mass is 10.1. The zero-order valence-corrected chi connectivity index (χ0v) is 12.9. The fourth-order valence-electron chi connectivity index (χ4n) is 2.23. The molecular weight excluding hydrogens is 282 g/mol. The van der Waals surface area contributed by atoms with Gasteiger partial charge in [-0.15, -0.1) is 0 Å². The van der Waals surface area contributed by atoms with Crippen LogP contribution in [-0.2, 0) is 11.3 Å². The Morgan fingerprint density at radius 2 is 1.86 bits per heavy atom.